The molecule has 28 heavy (non-hydrogen) atoms. The second kappa shape index (κ2) is 8.71. The molecule has 6 nitrogen and oxygen atoms in total. The summed E-state index contributed by atoms with van der Waals surface area (Å²) in [4.78, 5) is 25.2. The van der Waals surface area contributed by atoms with Gasteiger partial charge < -0.3 is 18.6 Å². The van der Waals surface area contributed by atoms with Gasteiger partial charge in [0.15, 0.2) is 6.10 Å². The number of benzene rings is 2. The Hall–Kier alpha value is -3.12. The maximum absolute atomic E-state index is 12.7. The monoisotopic (exact) mass is 382 g/mol. The number of para-hydroxylation sites is 1. The molecule has 0 N–H and O–H groups in total. The molecule has 0 spiro atoms. The van der Waals surface area contributed by atoms with Crippen LogP contribution in [0.3, 0.4) is 0 Å². The zero-order valence-electron chi connectivity index (χ0n) is 16.1. The van der Waals surface area contributed by atoms with Crippen molar-refractivity contribution in [1.29, 1.82) is 0 Å². The fourth-order valence-electron chi connectivity index (χ4n) is 2.94. The molecule has 0 aliphatic heterocycles. The number of esters is 1. The minimum atomic E-state index is -0.964. The van der Waals surface area contributed by atoms with E-state index in [-0.39, 0.29) is 18.2 Å². The van der Waals surface area contributed by atoms with E-state index in [4.69, 9.17) is 18.6 Å². The molecule has 1 heterocycles. The van der Waals surface area contributed by atoms with Gasteiger partial charge in [0, 0.05) is 23.6 Å². The van der Waals surface area contributed by atoms with Gasteiger partial charge in [0.2, 0.25) is 11.5 Å². The van der Waals surface area contributed by atoms with Crippen molar-refractivity contribution < 1.29 is 28.2 Å². The minimum absolute atomic E-state index is 0.0504. The van der Waals surface area contributed by atoms with Crippen LogP contribution in [0.2, 0.25) is 0 Å². The van der Waals surface area contributed by atoms with Crippen LogP contribution in [0, 0.1) is 0 Å². The third-order valence-electron chi connectivity index (χ3n) is 4.28. The summed E-state index contributed by atoms with van der Waals surface area (Å²) >= 11 is 0. The number of methoxy groups -OCH3 is 1. The second-order valence-electron chi connectivity index (χ2n) is 6.21. The van der Waals surface area contributed by atoms with Gasteiger partial charge in [0.25, 0.3) is 0 Å². The lowest BCUT2D eigenvalue weighted by Gasteiger charge is -2.12. The molecule has 3 rings (SSSR count). The first kappa shape index (κ1) is 19.6. The maximum Gasteiger partial charge on any atom is 0.375 e. The molecule has 146 valence electrons. The number of Topliss-reactive ketones (excluding diaryl/α,β-unsaturated/α-hetero) is 1. The van der Waals surface area contributed by atoms with Crippen LogP contribution in [0.15, 0.2) is 52.9 Å². The summed E-state index contributed by atoms with van der Waals surface area (Å²) in [5, 5.41) is 0.779. The summed E-state index contributed by atoms with van der Waals surface area (Å²) in [6.07, 6.45) is -0.964. The number of hydrogen-bond donors (Lipinski definition) is 0. The van der Waals surface area contributed by atoms with Gasteiger partial charge in [-0.05, 0) is 44.2 Å². The summed E-state index contributed by atoms with van der Waals surface area (Å²) in [5.41, 5.74) is 1.60. The van der Waals surface area contributed by atoms with Gasteiger partial charge in [-0.15, -0.1) is 0 Å². The van der Waals surface area contributed by atoms with E-state index in [1.54, 1.807) is 30.3 Å². The van der Waals surface area contributed by atoms with Crippen molar-refractivity contribution in [2.24, 2.45) is 0 Å². The Kier molecular flexibility index (Phi) is 6.11. The molecule has 0 aliphatic carbocycles. The van der Waals surface area contributed by atoms with E-state index >= 15 is 0 Å². The minimum Gasteiger partial charge on any atom is -0.494 e. The predicted molar refractivity (Wildman–Crippen MR) is 104 cm³/mol. The lowest BCUT2D eigenvalue weighted by Crippen LogP contribution is -2.24. The van der Waals surface area contributed by atoms with E-state index in [1.165, 1.54) is 14.0 Å². The average molecular weight is 382 g/mol. The number of ketones is 1. The summed E-state index contributed by atoms with van der Waals surface area (Å²) < 4.78 is 21.6. The molecule has 0 radical (unpaired) electrons. The Bertz CT molecular complexity index is 970. The van der Waals surface area contributed by atoms with Gasteiger partial charge in [-0.2, -0.15) is 0 Å². The van der Waals surface area contributed by atoms with Gasteiger partial charge in [-0.3, -0.25) is 4.79 Å². The van der Waals surface area contributed by atoms with Gasteiger partial charge in [-0.25, -0.2) is 4.79 Å². The molecule has 0 unspecified atom stereocenters. The smallest absolute Gasteiger partial charge is 0.375 e. The first-order chi connectivity index (χ1) is 13.5. The van der Waals surface area contributed by atoms with Crippen LogP contribution in [0.5, 0.6) is 5.75 Å². The molecule has 0 amide bonds. The number of ether oxygens (including phenoxy) is 3. The van der Waals surface area contributed by atoms with E-state index in [0.717, 1.165) is 5.39 Å². The number of carbonyl (C=O) groups excluding carboxylic acids is 2. The topological polar surface area (TPSA) is 75.0 Å². The zero-order valence-corrected chi connectivity index (χ0v) is 16.1. The van der Waals surface area contributed by atoms with Crippen LogP contribution in [-0.4, -0.2) is 31.6 Å². The number of rotatable bonds is 8. The van der Waals surface area contributed by atoms with Crippen LogP contribution in [0.25, 0.3) is 11.0 Å². The Morgan fingerprint density at radius 1 is 1.07 bits per heavy atom. The third-order valence-corrected chi connectivity index (χ3v) is 4.28. The molecule has 3 aromatic rings. The molecule has 0 aliphatic rings. The van der Waals surface area contributed by atoms with Crippen LogP contribution >= 0.6 is 0 Å². The van der Waals surface area contributed by atoms with Gasteiger partial charge in [-0.1, -0.05) is 18.2 Å². The van der Waals surface area contributed by atoms with Crippen molar-refractivity contribution in [3.8, 4) is 5.75 Å². The number of furan rings is 1. The van der Waals surface area contributed by atoms with Crippen LogP contribution < -0.4 is 4.74 Å². The van der Waals surface area contributed by atoms with Crippen molar-refractivity contribution in [1.82, 2.24) is 0 Å². The molecule has 0 saturated carbocycles. The SMILES string of the molecule is CCOc1ccc(C(=O)[C@@H](C)OC(=O)c2oc3ccccc3c2COC)cc1. The third kappa shape index (κ3) is 4.07. The highest BCUT2D eigenvalue weighted by atomic mass is 16.6. The Balaban J connectivity index is 1.77. The first-order valence-electron chi connectivity index (χ1n) is 9.02. The van der Waals surface area contributed by atoms with Gasteiger partial charge in [0.1, 0.15) is 11.3 Å². The van der Waals surface area contributed by atoms with Crippen molar-refractivity contribution in [3.63, 3.8) is 0 Å². The number of hydrogen-bond acceptors (Lipinski definition) is 6. The lowest BCUT2D eigenvalue weighted by atomic mass is 10.1. The van der Waals surface area contributed by atoms with Crippen molar-refractivity contribution in [3.05, 3.63) is 65.4 Å². The predicted octanol–water partition coefficient (Wildman–Crippen LogP) is 4.41. The van der Waals surface area contributed by atoms with Gasteiger partial charge >= 0.3 is 5.97 Å². The molecular weight excluding hydrogens is 360 g/mol. The summed E-state index contributed by atoms with van der Waals surface area (Å²) in [7, 11) is 1.54. The van der Waals surface area contributed by atoms with E-state index in [0.29, 0.717) is 29.1 Å². The normalized spacial score (nSPS) is 12.0. The zero-order chi connectivity index (χ0) is 20.1. The Morgan fingerprint density at radius 3 is 2.46 bits per heavy atom. The quantitative estimate of drug-likeness (QED) is 0.424. The van der Waals surface area contributed by atoms with Crippen molar-refractivity contribution in [2.45, 2.75) is 26.6 Å². The van der Waals surface area contributed by atoms with Crippen LogP contribution in [-0.2, 0) is 16.1 Å². The van der Waals surface area contributed by atoms with Crippen LogP contribution in [0.1, 0.15) is 40.3 Å². The number of carbonyl (C=O) groups is 2. The fraction of sp³-hybridized carbons (Fsp3) is 0.273. The molecule has 6 heteroatoms. The lowest BCUT2D eigenvalue weighted by molar-refractivity contribution is 0.0286. The van der Waals surface area contributed by atoms with Gasteiger partial charge in [0.05, 0.1) is 13.2 Å². The molecular formula is C22H22O6. The average Bonchev–Trinajstić information content (AvgIpc) is 3.07. The highest BCUT2D eigenvalue weighted by molar-refractivity contribution is 6.02. The Labute approximate surface area is 163 Å². The second-order valence-corrected chi connectivity index (χ2v) is 6.21. The number of fused-ring (bicyclic) bond motifs is 1. The summed E-state index contributed by atoms with van der Waals surface area (Å²) in [6, 6.07) is 14.0. The molecule has 1 aromatic heterocycles. The largest absolute Gasteiger partial charge is 0.494 e. The molecule has 2 aromatic carbocycles. The van der Waals surface area contributed by atoms with Crippen molar-refractivity contribution in [2.75, 3.05) is 13.7 Å². The molecule has 0 saturated heterocycles. The van der Waals surface area contributed by atoms with E-state index in [2.05, 4.69) is 0 Å². The molecule has 0 fully saturated rings. The maximum atomic E-state index is 12.7. The van der Waals surface area contributed by atoms with E-state index in [9.17, 15) is 9.59 Å². The summed E-state index contributed by atoms with van der Waals surface area (Å²) in [5.74, 6) is -0.277. The Morgan fingerprint density at radius 2 is 1.79 bits per heavy atom. The first-order valence-corrected chi connectivity index (χ1v) is 9.02. The standard InChI is InChI=1S/C22H22O6/c1-4-26-16-11-9-15(10-12-16)20(23)14(2)27-22(24)21-18(13-25-3)17-7-5-6-8-19(17)28-21/h5-12,14H,4,13H2,1-3H3/t14-/m1/s1. The van der Waals surface area contributed by atoms with Crippen LogP contribution in [0.4, 0.5) is 0 Å². The summed E-state index contributed by atoms with van der Waals surface area (Å²) in [6.45, 7) is 4.16. The van der Waals surface area contributed by atoms with Crippen molar-refractivity contribution >= 4 is 22.7 Å². The highest BCUT2D eigenvalue weighted by Gasteiger charge is 2.26. The fourth-order valence-corrected chi connectivity index (χ4v) is 2.94. The van der Waals surface area contributed by atoms with E-state index in [1.807, 2.05) is 25.1 Å². The van der Waals surface area contributed by atoms with E-state index < -0.39 is 12.1 Å². The molecule has 0 bridgehead atoms. The molecule has 1 atom stereocenters. The highest BCUT2D eigenvalue weighted by Crippen LogP contribution is 2.27.